The summed E-state index contributed by atoms with van der Waals surface area (Å²) in [6.07, 6.45) is 0. The van der Waals surface area contributed by atoms with E-state index in [0.717, 1.165) is 11.0 Å². The third-order valence-corrected chi connectivity index (χ3v) is 3.61. The Morgan fingerprint density at radius 2 is 2.29 bits per heavy atom. The van der Waals surface area contributed by atoms with Gasteiger partial charge in [-0.25, -0.2) is 4.98 Å². The van der Waals surface area contributed by atoms with Crippen molar-refractivity contribution in [2.75, 3.05) is 0 Å². The number of pyridine rings is 1. The van der Waals surface area contributed by atoms with E-state index in [1.807, 2.05) is 6.07 Å². The Hall–Kier alpha value is -2.07. The van der Waals surface area contributed by atoms with Gasteiger partial charge in [-0.3, -0.25) is 0 Å². The highest BCUT2D eigenvalue weighted by molar-refractivity contribution is 6.61. The molecule has 0 saturated heterocycles. The van der Waals surface area contributed by atoms with E-state index in [2.05, 4.69) is 4.98 Å². The van der Waals surface area contributed by atoms with E-state index in [1.54, 1.807) is 25.1 Å². The number of nitrogens with zero attached hydrogens (tertiary/aromatic N) is 2. The Kier molecular flexibility index (Phi) is 3.56. The van der Waals surface area contributed by atoms with Crippen molar-refractivity contribution in [2.45, 2.75) is 13.5 Å². The molecule has 2 heterocycles. The summed E-state index contributed by atoms with van der Waals surface area (Å²) in [5.41, 5.74) is 2.43. The maximum Gasteiger partial charge on any atom is 0.491 e. The van der Waals surface area contributed by atoms with E-state index in [-0.39, 0.29) is 11.4 Å². The fourth-order valence-corrected chi connectivity index (χ4v) is 2.25. The number of rotatable bonds is 2. The Bertz CT molecular complexity index is 761. The van der Waals surface area contributed by atoms with E-state index in [4.69, 9.17) is 26.3 Å². The quantitative estimate of drug-likeness (QED) is 0.858. The third-order valence-electron chi connectivity index (χ3n) is 3.23. The number of halogens is 1. The van der Waals surface area contributed by atoms with Crippen molar-refractivity contribution in [1.82, 2.24) is 4.98 Å². The Balaban J connectivity index is 1.95. The van der Waals surface area contributed by atoms with E-state index in [0.29, 0.717) is 23.1 Å². The fourth-order valence-electron chi connectivity index (χ4n) is 2.10. The van der Waals surface area contributed by atoms with Crippen LogP contribution < -0.4 is 10.2 Å². The molecular formula is C14H10BClN2O3. The van der Waals surface area contributed by atoms with Gasteiger partial charge in [0.2, 0.25) is 5.88 Å². The van der Waals surface area contributed by atoms with Crippen LogP contribution in [-0.2, 0) is 11.3 Å². The molecule has 1 aromatic carbocycles. The van der Waals surface area contributed by atoms with Crippen molar-refractivity contribution in [3.05, 3.63) is 46.1 Å². The zero-order valence-corrected chi connectivity index (χ0v) is 11.9. The highest BCUT2D eigenvalue weighted by Gasteiger charge is 2.27. The Morgan fingerprint density at radius 3 is 3.05 bits per heavy atom. The van der Waals surface area contributed by atoms with Crippen LogP contribution in [0.15, 0.2) is 24.3 Å². The van der Waals surface area contributed by atoms with Crippen molar-refractivity contribution in [2.24, 2.45) is 0 Å². The van der Waals surface area contributed by atoms with Gasteiger partial charge in [0.15, 0.2) is 0 Å². The van der Waals surface area contributed by atoms with Gasteiger partial charge in [0.1, 0.15) is 17.4 Å². The van der Waals surface area contributed by atoms with Gasteiger partial charge < -0.3 is 14.4 Å². The van der Waals surface area contributed by atoms with Crippen LogP contribution >= 0.6 is 11.6 Å². The largest absolute Gasteiger partial charge is 0.491 e. The summed E-state index contributed by atoms with van der Waals surface area (Å²) in [5.74, 6) is 0.732. The van der Waals surface area contributed by atoms with Gasteiger partial charge >= 0.3 is 7.12 Å². The molecule has 21 heavy (non-hydrogen) atoms. The first-order valence-corrected chi connectivity index (χ1v) is 6.64. The standard InChI is InChI=1S/C14H10BClN2O3/c1-8-13(16)5-9(6-17)14(18-8)21-11-2-3-12-10(4-11)7-20-15(12)19/h2-5,19H,7H2,1H3. The lowest BCUT2D eigenvalue weighted by molar-refractivity contribution is 0.275. The maximum atomic E-state index is 9.58. The summed E-state index contributed by atoms with van der Waals surface area (Å²) in [6.45, 7) is 2.06. The molecule has 0 atom stereocenters. The number of benzene rings is 1. The molecule has 1 N–H and O–H groups in total. The number of aromatic nitrogens is 1. The molecule has 1 aliphatic rings. The second-order valence-corrected chi connectivity index (χ2v) is 5.05. The average molecular weight is 301 g/mol. The van der Waals surface area contributed by atoms with E-state index >= 15 is 0 Å². The van der Waals surface area contributed by atoms with Gasteiger partial charge in [0.25, 0.3) is 0 Å². The molecule has 0 saturated carbocycles. The predicted molar refractivity (Wildman–Crippen MR) is 77.6 cm³/mol. The molecule has 5 nitrogen and oxygen atoms in total. The van der Waals surface area contributed by atoms with Crippen molar-refractivity contribution in [3.8, 4) is 17.7 Å². The SMILES string of the molecule is Cc1nc(Oc2ccc3c(c2)COB3O)c(C#N)cc1Cl. The predicted octanol–water partition coefficient (Wildman–Crippen LogP) is 1.93. The topological polar surface area (TPSA) is 75.4 Å². The van der Waals surface area contributed by atoms with Gasteiger partial charge in [0.05, 0.1) is 17.3 Å². The number of nitriles is 1. The second-order valence-electron chi connectivity index (χ2n) is 4.65. The van der Waals surface area contributed by atoms with Gasteiger partial charge in [-0.1, -0.05) is 17.7 Å². The summed E-state index contributed by atoms with van der Waals surface area (Å²) >= 11 is 5.95. The van der Waals surface area contributed by atoms with Crippen molar-refractivity contribution in [3.63, 3.8) is 0 Å². The van der Waals surface area contributed by atoms with Crippen LogP contribution in [0.4, 0.5) is 0 Å². The van der Waals surface area contributed by atoms with Crippen molar-refractivity contribution >= 4 is 24.2 Å². The summed E-state index contributed by atoms with van der Waals surface area (Å²) in [4.78, 5) is 4.19. The van der Waals surface area contributed by atoms with Crippen LogP contribution in [0.5, 0.6) is 11.6 Å². The Labute approximate surface area is 126 Å². The van der Waals surface area contributed by atoms with E-state index < -0.39 is 7.12 Å². The van der Waals surface area contributed by atoms with E-state index in [1.165, 1.54) is 6.07 Å². The van der Waals surface area contributed by atoms with Gasteiger partial charge in [-0.05, 0) is 36.1 Å². The first-order chi connectivity index (χ1) is 10.1. The van der Waals surface area contributed by atoms with Crippen LogP contribution in [0, 0.1) is 18.3 Å². The van der Waals surface area contributed by atoms with Crippen LogP contribution in [0.1, 0.15) is 16.8 Å². The van der Waals surface area contributed by atoms with Crippen molar-refractivity contribution < 1.29 is 14.4 Å². The summed E-state index contributed by atoms with van der Waals surface area (Å²) in [6, 6.07) is 8.73. The molecule has 0 fully saturated rings. The van der Waals surface area contributed by atoms with Crippen LogP contribution in [0.25, 0.3) is 0 Å². The molecule has 0 spiro atoms. The molecule has 7 heteroatoms. The minimum Gasteiger partial charge on any atom is -0.438 e. The number of hydrogen-bond acceptors (Lipinski definition) is 5. The van der Waals surface area contributed by atoms with Gasteiger partial charge in [-0.15, -0.1) is 0 Å². The first-order valence-electron chi connectivity index (χ1n) is 6.26. The summed E-state index contributed by atoms with van der Waals surface area (Å²) in [7, 11) is -0.889. The summed E-state index contributed by atoms with van der Waals surface area (Å²) < 4.78 is 10.8. The van der Waals surface area contributed by atoms with Crippen LogP contribution in [-0.4, -0.2) is 17.1 Å². The molecule has 3 rings (SSSR count). The smallest absolute Gasteiger partial charge is 0.438 e. The van der Waals surface area contributed by atoms with Crippen LogP contribution in [0.3, 0.4) is 0 Å². The minimum absolute atomic E-state index is 0.207. The third kappa shape index (κ3) is 2.59. The number of ether oxygens (including phenoxy) is 1. The molecule has 0 amide bonds. The monoisotopic (exact) mass is 300 g/mol. The van der Waals surface area contributed by atoms with Gasteiger partial charge in [-0.2, -0.15) is 5.26 Å². The molecule has 0 radical (unpaired) electrons. The molecule has 1 aliphatic heterocycles. The highest BCUT2D eigenvalue weighted by atomic mass is 35.5. The lowest BCUT2D eigenvalue weighted by Gasteiger charge is -2.09. The Morgan fingerprint density at radius 1 is 1.48 bits per heavy atom. The summed E-state index contributed by atoms with van der Waals surface area (Å²) in [5, 5.41) is 19.1. The first kappa shape index (κ1) is 13.9. The van der Waals surface area contributed by atoms with Gasteiger partial charge in [0, 0.05) is 0 Å². The zero-order chi connectivity index (χ0) is 15.0. The van der Waals surface area contributed by atoms with E-state index in [9.17, 15) is 5.02 Å². The van der Waals surface area contributed by atoms with Crippen molar-refractivity contribution in [1.29, 1.82) is 5.26 Å². The maximum absolute atomic E-state index is 9.58. The zero-order valence-electron chi connectivity index (χ0n) is 11.1. The number of fused-ring (bicyclic) bond motifs is 1. The minimum atomic E-state index is -0.889. The molecule has 2 aromatic rings. The second kappa shape index (κ2) is 5.37. The lowest BCUT2D eigenvalue weighted by Crippen LogP contribution is -2.27. The molecule has 0 unspecified atom stereocenters. The normalized spacial score (nSPS) is 13.0. The molecular weight excluding hydrogens is 290 g/mol. The molecule has 1 aromatic heterocycles. The fraction of sp³-hybridized carbons (Fsp3) is 0.143. The van der Waals surface area contributed by atoms with Crippen LogP contribution in [0.2, 0.25) is 5.02 Å². The lowest BCUT2D eigenvalue weighted by atomic mass is 9.80. The highest BCUT2D eigenvalue weighted by Crippen LogP contribution is 2.28. The average Bonchev–Trinajstić information content (AvgIpc) is 2.84. The number of aryl methyl sites for hydroxylation is 1. The molecule has 0 aliphatic carbocycles. The number of hydrogen-bond donors (Lipinski definition) is 1. The molecule has 104 valence electrons. The molecule has 0 bridgehead atoms.